The van der Waals surface area contributed by atoms with Gasteiger partial charge in [0.05, 0.1) is 16.7 Å². The number of thiocarbonyl (C=S) groups is 1. The van der Waals surface area contributed by atoms with Crippen LogP contribution in [0.25, 0.3) is 16.5 Å². The van der Waals surface area contributed by atoms with Gasteiger partial charge in [-0.15, -0.1) is 11.3 Å². The zero-order valence-corrected chi connectivity index (χ0v) is 14.2. The van der Waals surface area contributed by atoms with E-state index in [0.717, 1.165) is 11.3 Å². The van der Waals surface area contributed by atoms with E-state index in [2.05, 4.69) is 12.2 Å². The molecule has 0 spiro atoms. The second-order valence-electron chi connectivity index (χ2n) is 5.03. The van der Waals surface area contributed by atoms with Crippen LogP contribution in [0, 0.1) is 11.3 Å². The second kappa shape index (κ2) is 7.09. The summed E-state index contributed by atoms with van der Waals surface area (Å²) < 4.78 is 77.6. The number of hydrogen-bond acceptors (Lipinski definition) is 3. The third-order valence-electron chi connectivity index (χ3n) is 3.17. The largest absolute Gasteiger partial charge is 0.416 e. The van der Waals surface area contributed by atoms with Crippen LogP contribution in [0.4, 0.5) is 26.3 Å². The van der Waals surface area contributed by atoms with E-state index in [4.69, 9.17) is 11.0 Å². The van der Waals surface area contributed by atoms with E-state index in [1.165, 1.54) is 18.2 Å². The van der Waals surface area contributed by atoms with Gasteiger partial charge in [-0.25, -0.2) is 0 Å². The molecule has 1 aromatic heterocycles. The summed E-state index contributed by atoms with van der Waals surface area (Å²) in [4.78, 5) is 0.421. The Bertz CT molecular complexity index is 884. The third-order valence-corrected chi connectivity index (χ3v) is 4.47. The van der Waals surface area contributed by atoms with Crippen molar-refractivity contribution in [2.24, 2.45) is 5.73 Å². The van der Waals surface area contributed by atoms with Crippen molar-refractivity contribution < 1.29 is 26.3 Å². The first kappa shape index (κ1) is 19.9. The van der Waals surface area contributed by atoms with Gasteiger partial charge in [-0.05, 0) is 42.0 Å². The number of nitrogens with two attached hydrogens (primary N) is 1. The predicted molar refractivity (Wildman–Crippen MR) is 90.1 cm³/mol. The summed E-state index contributed by atoms with van der Waals surface area (Å²) in [6, 6.07) is 5.93. The Morgan fingerprint density at radius 2 is 1.58 bits per heavy atom. The minimum Gasteiger partial charge on any atom is -0.389 e. The Kier molecular flexibility index (Phi) is 5.44. The predicted octanol–water partition coefficient (Wildman–Crippen LogP) is 5.65. The van der Waals surface area contributed by atoms with Gasteiger partial charge in [0.25, 0.3) is 0 Å². The van der Waals surface area contributed by atoms with Crippen LogP contribution in [0.3, 0.4) is 0 Å². The molecule has 0 unspecified atom stereocenters. The Balaban J connectivity index is 2.56. The SMILES string of the molecule is N#CC(=Cc1ccc(-c2cc(C(F)(F)F)cc(C(F)(F)F)c2)s1)C(N)=S. The standard InChI is InChI=1S/C16H8F6N2S2/c17-15(18,19)10-3-8(4-11(6-10)16(20,21)22)13-2-1-12(26-13)5-9(7-23)14(24)25/h1-6H,(H2,24,25). The van der Waals surface area contributed by atoms with Gasteiger partial charge < -0.3 is 5.73 Å². The Labute approximate surface area is 153 Å². The highest BCUT2D eigenvalue weighted by Gasteiger charge is 2.37. The number of thiophene rings is 1. The van der Waals surface area contributed by atoms with Crippen LogP contribution in [-0.4, -0.2) is 4.99 Å². The Hall–Kier alpha value is -2.38. The zero-order valence-electron chi connectivity index (χ0n) is 12.6. The van der Waals surface area contributed by atoms with Crippen LogP contribution in [0.2, 0.25) is 0 Å². The maximum absolute atomic E-state index is 12.9. The van der Waals surface area contributed by atoms with Gasteiger partial charge in [-0.1, -0.05) is 12.2 Å². The second-order valence-corrected chi connectivity index (χ2v) is 6.59. The highest BCUT2D eigenvalue weighted by molar-refractivity contribution is 7.80. The summed E-state index contributed by atoms with van der Waals surface area (Å²) >= 11 is 5.58. The smallest absolute Gasteiger partial charge is 0.389 e. The van der Waals surface area contributed by atoms with Gasteiger partial charge in [-0.3, -0.25) is 0 Å². The lowest BCUT2D eigenvalue weighted by atomic mass is 10.0. The summed E-state index contributed by atoms with van der Waals surface area (Å²) in [5, 5.41) is 8.90. The maximum Gasteiger partial charge on any atom is 0.416 e. The molecule has 26 heavy (non-hydrogen) atoms. The monoisotopic (exact) mass is 406 g/mol. The Morgan fingerprint density at radius 1 is 1.04 bits per heavy atom. The van der Waals surface area contributed by atoms with E-state index in [-0.39, 0.29) is 27.1 Å². The average molecular weight is 406 g/mol. The van der Waals surface area contributed by atoms with Gasteiger partial charge >= 0.3 is 12.4 Å². The third kappa shape index (κ3) is 4.62. The number of nitriles is 1. The molecule has 0 fully saturated rings. The molecule has 2 nitrogen and oxygen atoms in total. The summed E-state index contributed by atoms with van der Waals surface area (Å²) in [6.07, 6.45) is -8.53. The molecule has 0 amide bonds. The molecule has 0 radical (unpaired) electrons. The van der Waals surface area contributed by atoms with Crippen molar-refractivity contribution in [1.82, 2.24) is 0 Å². The number of benzene rings is 1. The molecule has 0 saturated heterocycles. The van der Waals surface area contributed by atoms with Crippen LogP contribution in [0.15, 0.2) is 35.9 Å². The number of alkyl halides is 6. The lowest BCUT2D eigenvalue weighted by Crippen LogP contribution is -2.10. The van der Waals surface area contributed by atoms with Crippen molar-refractivity contribution in [3.63, 3.8) is 0 Å². The van der Waals surface area contributed by atoms with E-state index in [9.17, 15) is 26.3 Å². The summed E-state index contributed by atoms with van der Waals surface area (Å²) in [7, 11) is 0. The first-order valence-electron chi connectivity index (χ1n) is 6.73. The van der Waals surface area contributed by atoms with E-state index in [0.29, 0.717) is 17.0 Å². The molecule has 0 saturated carbocycles. The molecule has 0 aliphatic heterocycles. The van der Waals surface area contributed by atoms with E-state index in [1.54, 1.807) is 6.07 Å². The van der Waals surface area contributed by atoms with Crippen molar-refractivity contribution in [2.75, 3.05) is 0 Å². The Morgan fingerprint density at radius 3 is 2.00 bits per heavy atom. The zero-order chi connectivity index (χ0) is 19.7. The van der Waals surface area contributed by atoms with Crippen LogP contribution in [-0.2, 0) is 12.4 Å². The highest BCUT2D eigenvalue weighted by Crippen LogP contribution is 2.40. The number of nitrogens with zero attached hydrogens (tertiary/aromatic N) is 1. The molecule has 10 heteroatoms. The van der Waals surface area contributed by atoms with Gasteiger partial charge in [0.15, 0.2) is 0 Å². The quantitative estimate of drug-likeness (QED) is 0.310. The molecule has 2 N–H and O–H groups in total. The van der Waals surface area contributed by atoms with Crippen molar-refractivity contribution in [3.05, 3.63) is 51.9 Å². The van der Waals surface area contributed by atoms with Crippen LogP contribution in [0.1, 0.15) is 16.0 Å². The molecule has 2 aromatic rings. The average Bonchev–Trinajstić information content (AvgIpc) is 2.98. The van der Waals surface area contributed by atoms with Gasteiger partial charge in [0.2, 0.25) is 0 Å². The molecule has 0 aliphatic carbocycles. The first-order chi connectivity index (χ1) is 11.9. The van der Waals surface area contributed by atoms with Crippen molar-refractivity contribution in [1.29, 1.82) is 5.26 Å². The molecule has 0 atom stereocenters. The number of rotatable bonds is 3. The first-order valence-corrected chi connectivity index (χ1v) is 7.95. The van der Waals surface area contributed by atoms with E-state index < -0.39 is 23.5 Å². The minimum atomic E-state index is -4.92. The van der Waals surface area contributed by atoms with Crippen LogP contribution < -0.4 is 5.73 Å². The van der Waals surface area contributed by atoms with Gasteiger partial charge in [0, 0.05) is 9.75 Å². The summed E-state index contributed by atoms with van der Waals surface area (Å²) in [5.74, 6) is 0. The fourth-order valence-electron chi connectivity index (χ4n) is 1.98. The summed E-state index contributed by atoms with van der Waals surface area (Å²) in [5.41, 5.74) is 2.30. The van der Waals surface area contributed by atoms with Crippen LogP contribution >= 0.6 is 23.6 Å². The molecule has 1 aromatic carbocycles. The van der Waals surface area contributed by atoms with E-state index in [1.807, 2.05) is 0 Å². The molecular weight excluding hydrogens is 398 g/mol. The van der Waals surface area contributed by atoms with Crippen LogP contribution in [0.5, 0.6) is 0 Å². The van der Waals surface area contributed by atoms with Gasteiger partial charge in [0.1, 0.15) is 11.1 Å². The minimum absolute atomic E-state index is 0.0200. The normalized spacial score (nSPS) is 12.7. The van der Waals surface area contributed by atoms with Crippen molar-refractivity contribution in [2.45, 2.75) is 12.4 Å². The maximum atomic E-state index is 12.9. The number of halogens is 6. The lowest BCUT2D eigenvalue weighted by Gasteiger charge is -2.13. The van der Waals surface area contributed by atoms with Crippen molar-refractivity contribution >= 4 is 34.6 Å². The fourth-order valence-corrected chi connectivity index (χ4v) is 3.03. The molecule has 0 bridgehead atoms. The summed E-state index contributed by atoms with van der Waals surface area (Å²) in [6.45, 7) is 0. The highest BCUT2D eigenvalue weighted by atomic mass is 32.1. The molecular formula is C16H8F6N2S2. The van der Waals surface area contributed by atoms with E-state index >= 15 is 0 Å². The van der Waals surface area contributed by atoms with Gasteiger partial charge in [-0.2, -0.15) is 31.6 Å². The molecule has 0 aliphatic rings. The fraction of sp³-hybridized carbons (Fsp3) is 0.125. The molecule has 2 rings (SSSR count). The lowest BCUT2D eigenvalue weighted by molar-refractivity contribution is -0.143. The van der Waals surface area contributed by atoms with Crippen molar-refractivity contribution in [3.8, 4) is 16.5 Å². The molecule has 1 heterocycles. The molecule has 136 valence electrons. The number of hydrogen-bond donors (Lipinski definition) is 1. The topological polar surface area (TPSA) is 49.8 Å².